The minimum atomic E-state index is -4.37. The van der Waals surface area contributed by atoms with Gasteiger partial charge in [-0.15, -0.1) is 24.0 Å². The number of hydrogen-bond acceptors (Lipinski definition) is 4. The number of benzene rings is 1. The molecule has 170 valence electrons. The maximum atomic E-state index is 13.3. The van der Waals surface area contributed by atoms with Crippen molar-refractivity contribution in [1.29, 1.82) is 0 Å². The summed E-state index contributed by atoms with van der Waals surface area (Å²) in [6, 6.07) is 4.00. The molecule has 2 aliphatic rings. The Bertz CT molecular complexity index is 702. The van der Waals surface area contributed by atoms with Crippen molar-refractivity contribution in [2.75, 3.05) is 58.3 Å². The third-order valence-electron chi connectivity index (χ3n) is 5.44. The lowest BCUT2D eigenvalue weighted by molar-refractivity contribution is -0.137. The highest BCUT2D eigenvalue weighted by molar-refractivity contribution is 14.0. The molecule has 10 heteroatoms. The predicted octanol–water partition coefficient (Wildman–Crippen LogP) is 2.92. The molecule has 6 nitrogen and oxygen atoms in total. The molecule has 2 heterocycles. The first-order valence-corrected chi connectivity index (χ1v) is 10.1. The van der Waals surface area contributed by atoms with Gasteiger partial charge < -0.3 is 25.2 Å². The Morgan fingerprint density at radius 1 is 1.20 bits per heavy atom. The zero-order valence-electron chi connectivity index (χ0n) is 17.5. The third-order valence-corrected chi connectivity index (χ3v) is 5.44. The molecule has 1 aromatic carbocycles. The highest BCUT2D eigenvalue weighted by Crippen LogP contribution is 2.33. The van der Waals surface area contributed by atoms with E-state index in [1.165, 1.54) is 12.1 Å². The van der Waals surface area contributed by atoms with Crippen molar-refractivity contribution in [1.82, 2.24) is 15.5 Å². The van der Waals surface area contributed by atoms with Gasteiger partial charge in [-0.1, -0.05) is 0 Å². The fraction of sp³-hybridized carbons (Fsp3) is 0.650. The van der Waals surface area contributed by atoms with Crippen LogP contribution in [0.3, 0.4) is 0 Å². The van der Waals surface area contributed by atoms with Crippen molar-refractivity contribution >= 4 is 35.6 Å². The van der Waals surface area contributed by atoms with E-state index in [9.17, 15) is 13.2 Å². The Hall–Kier alpha value is -1.27. The first-order valence-electron chi connectivity index (χ1n) is 10.1. The van der Waals surface area contributed by atoms with Crippen LogP contribution in [0.4, 0.5) is 18.9 Å². The Morgan fingerprint density at radius 3 is 2.53 bits per heavy atom. The predicted molar refractivity (Wildman–Crippen MR) is 124 cm³/mol. The Morgan fingerprint density at radius 2 is 1.93 bits per heavy atom. The van der Waals surface area contributed by atoms with Crippen LogP contribution in [0.2, 0.25) is 0 Å². The number of hydrogen-bond donors (Lipinski definition) is 2. The first kappa shape index (κ1) is 25.0. The van der Waals surface area contributed by atoms with Crippen LogP contribution < -0.4 is 15.5 Å². The minimum Gasteiger partial charge on any atom is -0.376 e. The largest absolute Gasteiger partial charge is 0.416 e. The SMILES string of the molecule is CN=C(NCc1cc(C(F)(F)F)ccc1N1CCN(C)CC1)NCC1CCCO1.I. The molecule has 0 radical (unpaired) electrons. The second-order valence-electron chi connectivity index (χ2n) is 7.57. The average molecular weight is 541 g/mol. The van der Waals surface area contributed by atoms with Gasteiger partial charge in [-0.2, -0.15) is 13.2 Å². The molecule has 30 heavy (non-hydrogen) atoms. The lowest BCUT2D eigenvalue weighted by Gasteiger charge is -2.35. The highest BCUT2D eigenvalue weighted by Gasteiger charge is 2.31. The van der Waals surface area contributed by atoms with Crippen molar-refractivity contribution in [2.45, 2.75) is 31.7 Å². The van der Waals surface area contributed by atoms with Crippen LogP contribution in [0, 0.1) is 0 Å². The summed E-state index contributed by atoms with van der Waals surface area (Å²) >= 11 is 0. The molecular formula is C20H31F3IN5O. The lowest BCUT2D eigenvalue weighted by Crippen LogP contribution is -2.45. The number of ether oxygens (including phenoxy) is 1. The topological polar surface area (TPSA) is 52.1 Å². The summed E-state index contributed by atoms with van der Waals surface area (Å²) in [4.78, 5) is 8.55. The number of piperazine rings is 1. The van der Waals surface area contributed by atoms with E-state index in [1.54, 1.807) is 13.1 Å². The summed E-state index contributed by atoms with van der Waals surface area (Å²) < 4.78 is 45.4. The number of anilines is 1. The maximum Gasteiger partial charge on any atom is 0.416 e. The van der Waals surface area contributed by atoms with Gasteiger partial charge in [0, 0.05) is 58.6 Å². The van der Waals surface area contributed by atoms with Crippen molar-refractivity contribution < 1.29 is 17.9 Å². The lowest BCUT2D eigenvalue weighted by atomic mass is 10.1. The molecule has 0 bridgehead atoms. The standard InChI is InChI=1S/C20H30F3N5O.HI/c1-24-19(26-14-17-4-3-11-29-17)25-13-15-12-16(20(21,22)23)5-6-18(15)28-9-7-27(2)8-10-28;/h5-6,12,17H,3-4,7-11,13-14H2,1-2H3,(H2,24,25,26);1H. The van der Waals surface area contributed by atoms with E-state index < -0.39 is 11.7 Å². The van der Waals surface area contributed by atoms with E-state index in [-0.39, 0.29) is 36.6 Å². The van der Waals surface area contributed by atoms with Crippen LogP contribution in [0.5, 0.6) is 0 Å². The van der Waals surface area contributed by atoms with E-state index in [2.05, 4.69) is 32.5 Å². The zero-order valence-corrected chi connectivity index (χ0v) is 19.8. The van der Waals surface area contributed by atoms with Gasteiger partial charge in [0.1, 0.15) is 0 Å². The Balaban J connectivity index is 0.00000320. The van der Waals surface area contributed by atoms with E-state index >= 15 is 0 Å². The van der Waals surface area contributed by atoms with E-state index in [4.69, 9.17) is 4.74 Å². The molecule has 0 aliphatic carbocycles. The molecule has 2 N–H and O–H groups in total. The summed E-state index contributed by atoms with van der Waals surface area (Å²) in [5, 5.41) is 6.36. The molecule has 2 saturated heterocycles. The Kier molecular flexibility index (Phi) is 9.48. The number of aliphatic imine (C=N–C) groups is 1. The summed E-state index contributed by atoms with van der Waals surface area (Å²) in [6.07, 6.45) is -2.15. The fourth-order valence-electron chi connectivity index (χ4n) is 3.67. The van der Waals surface area contributed by atoms with E-state index in [0.717, 1.165) is 51.3 Å². The number of guanidine groups is 1. The highest BCUT2D eigenvalue weighted by atomic mass is 127. The van der Waals surface area contributed by atoms with Gasteiger partial charge >= 0.3 is 6.18 Å². The molecule has 2 fully saturated rings. The first-order chi connectivity index (χ1) is 13.9. The van der Waals surface area contributed by atoms with Gasteiger partial charge in [0.15, 0.2) is 5.96 Å². The molecule has 1 atom stereocenters. The van der Waals surface area contributed by atoms with Gasteiger partial charge in [0.2, 0.25) is 0 Å². The summed E-state index contributed by atoms with van der Waals surface area (Å²) in [5.41, 5.74) is 0.826. The fourth-order valence-corrected chi connectivity index (χ4v) is 3.67. The summed E-state index contributed by atoms with van der Waals surface area (Å²) in [6.45, 7) is 5.03. The van der Waals surface area contributed by atoms with Crippen molar-refractivity contribution in [2.24, 2.45) is 4.99 Å². The third kappa shape index (κ3) is 6.88. The molecule has 2 aliphatic heterocycles. The quantitative estimate of drug-likeness (QED) is 0.341. The monoisotopic (exact) mass is 541 g/mol. The van der Waals surface area contributed by atoms with Gasteiger partial charge in [-0.05, 0) is 43.7 Å². The van der Waals surface area contributed by atoms with Crippen molar-refractivity contribution in [3.05, 3.63) is 29.3 Å². The van der Waals surface area contributed by atoms with Crippen molar-refractivity contribution in [3.8, 4) is 0 Å². The van der Waals surface area contributed by atoms with Crippen LogP contribution in [0.15, 0.2) is 23.2 Å². The smallest absolute Gasteiger partial charge is 0.376 e. The van der Waals surface area contributed by atoms with Gasteiger partial charge in [-0.3, -0.25) is 4.99 Å². The number of nitrogens with zero attached hydrogens (tertiary/aromatic N) is 3. The average Bonchev–Trinajstić information content (AvgIpc) is 3.21. The summed E-state index contributed by atoms with van der Waals surface area (Å²) in [7, 11) is 3.70. The number of alkyl halides is 3. The van der Waals surface area contributed by atoms with Crippen LogP contribution in [-0.2, 0) is 17.5 Å². The number of halogens is 4. The van der Waals surface area contributed by atoms with Crippen LogP contribution >= 0.6 is 24.0 Å². The molecule has 1 aromatic rings. The second kappa shape index (κ2) is 11.4. The Labute approximate surface area is 193 Å². The number of likely N-dealkylation sites (N-methyl/N-ethyl adjacent to an activating group) is 1. The van der Waals surface area contributed by atoms with Gasteiger partial charge in [-0.25, -0.2) is 0 Å². The zero-order chi connectivity index (χ0) is 20.9. The normalized spacial score (nSPS) is 20.8. The van der Waals surface area contributed by atoms with Crippen LogP contribution in [0.1, 0.15) is 24.0 Å². The molecule has 0 saturated carbocycles. The van der Waals surface area contributed by atoms with Crippen LogP contribution in [-0.4, -0.2) is 70.4 Å². The van der Waals surface area contributed by atoms with Gasteiger partial charge in [0.25, 0.3) is 0 Å². The van der Waals surface area contributed by atoms with Gasteiger partial charge in [0.05, 0.1) is 11.7 Å². The molecule has 1 unspecified atom stereocenters. The van der Waals surface area contributed by atoms with E-state index in [0.29, 0.717) is 18.1 Å². The maximum absolute atomic E-state index is 13.3. The van der Waals surface area contributed by atoms with Crippen LogP contribution in [0.25, 0.3) is 0 Å². The molecular weight excluding hydrogens is 510 g/mol. The molecule has 0 amide bonds. The number of nitrogens with one attached hydrogen (secondary N) is 2. The number of rotatable bonds is 5. The molecule has 0 aromatic heterocycles. The van der Waals surface area contributed by atoms with Crippen molar-refractivity contribution in [3.63, 3.8) is 0 Å². The molecule has 0 spiro atoms. The summed E-state index contributed by atoms with van der Waals surface area (Å²) in [5.74, 6) is 0.558. The molecule has 3 rings (SSSR count). The second-order valence-corrected chi connectivity index (χ2v) is 7.57. The van der Waals surface area contributed by atoms with E-state index in [1.807, 2.05) is 0 Å². The minimum absolute atomic E-state index is 0.